The number of aliphatic hydroxyl groups is 1. The van der Waals surface area contributed by atoms with Crippen LogP contribution in [0, 0.1) is 5.82 Å². The average molecular weight is 431 g/mol. The zero-order valence-corrected chi connectivity index (χ0v) is 16.1. The van der Waals surface area contributed by atoms with E-state index in [0.717, 1.165) is 10.6 Å². The minimum atomic E-state index is -3.37. The fourth-order valence-corrected chi connectivity index (χ4v) is 5.74. The Hall–Kier alpha value is -1.92. The highest BCUT2D eigenvalue weighted by Crippen LogP contribution is 2.55. The van der Waals surface area contributed by atoms with Crippen molar-refractivity contribution in [1.29, 1.82) is 0 Å². The first-order chi connectivity index (χ1) is 13.7. The molecule has 1 saturated heterocycles. The number of hydrogen-bond donors (Lipinski definition) is 2. The largest absolute Gasteiger partial charge is 0.390 e. The van der Waals surface area contributed by atoms with E-state index < -0.39 is 39.8 Å². The lowest BCUT2D eigenvalue weighted by Crippen LogP contribution is -2.52. The molecule has 5 rings (SSSR count). The van der Waals surface area contributed by atoms with Gasteiger partial charge in [0.05, 0.1) is 35.2 Å². The molecule has 0 amide bonds. The number of hydrogen-bond acceptors (Lipinski definition) is 6. The van der Waals surface area contributed by atoms with Gasteiger partial charge < -0.3 is 10.4 Å². The topological polar surface area (TPSA) is 99.8 Å². The summed E-state index contributed by atoms with van der Waals surface area (Å²) in [5.41, 5.74) is 0.0815. The highest BCUT2D eigenvalue weighted by atomic mass is 32.2. The lowest BCUT2D eigenvalue weighted by atomic mass is 10.0. The highest BCUT2D eigenvalue weighted by Gasteiger charge is 2.59. The lowest BCUT2D eigenvalue weighted by Gasteiger charge is -2.35. The van der Waals surface area contributed by atoms with E-state index in [2.05, 4.69) is 15.4 Å². The number of halogens is 3. The third kappa shape index (κ3) is 3.26. The molecule has 2 aromatic rings. The number of alkyl halides is 2. The molecule has 158 valence electrons. The van der Waals surface area contributed by atoms with Gasteiger partial charge in [0.2, 0.25) is 16.0 Å². The molecule has 0 spiro atoms. The molecule has 1 aliphatic heterocycles. The van der Waals surface area contributed by atoms with Crippen LogP contribution in [0.2, 0.25) is 0 Å². The van der Waals surface area contributed by atoms with Crippen molar-refractivity contribution in [3.8, 4) is 0 Å². The molecule has 0 radical (unpaired) electrons. The van der Waals surface area contributed by atoms with E-state index in [0.29, 0.717) is 19.3 Å². The molecule has 2 aliphatic carbocycles. The zero-order chi connectivity index (χ0) is 20.6. The summed E-state index contributed by atoms with van der Waals surface area (Å²) in [6.45, 7) is 0.226. The van der Waals surface area contributed by atoms with Crippen LogP contribution >= 0.6 is 0 Å². The van der Waals surface area contributed by atoms with Crippen LogP contribution in [0.25, 0.3) is 5.52 Å². The van der Waals surface area contributed by atoms with Crippen LogP contribution in [0.5, 0.6) is 0 Å². The molecule has 3 fully saturated rings. The molecule has 0 aromatic carbocycles. The molecule has 2 aromatic heterocycles. The van der Waals surface area contributed by atoms with Gasteiger partial charge in [0, 0.05) is 19.5 Å². The predicted octanol–water partition coefficient (Wildman–Crippen LogP) is 1.33. The van der Waals surface area contributed by atoms with Gasteiger partial charge in [0.15, 0.2) is 5.82 Å². The summed E-state index contributed by atoms with van der Waals surface area (Å²) in [6.07, 6.45) is 1.51. The Morgan fingerprint density at radius 3 is 2.62 bits per heavy atom. The fourth-order valence-electron chi connectivity index (χ4n) is 3.87. The second kappa shape index (κ2) is 6.29. The summed E-state index contributed by atoms with van der Waals surface area (Å²) in [5.74, 6) is -4.56. The molecule has 2 N–H and O–H groups in total. The number of rotatable bonds is 5. The van der Waals surface area contributed by atoms with Gasteiger partial charge in [-0.05, 0) is 25.3 Å². The van der Waals surface area contributed by atoms with E-state index in [-0.39, 0.29) is 41.9 Å². The van der Waals surface area contributed by atoms with E-state index in [1.807, 2.05) is 0 Å². The molecular weight excluding hydrogens is 411 g/mol. The minimum Gasteiger partial charge on any atom is -0.390 e. The van der Waals surface area contributed by atoms with Crippen molar-refractivity contribution in [2.24, 2.45) is 0 Å². The second-order valence-corrected chi connectivity index (χ2v) is 10.2. The van der Waals surface area contributed by atoms with Crippen LogP contribution in [0.3, 0.4) is 0 Å². The van der Waals surface area contributed by atoms with Crippen LogP contribution < -0.4 is 5.32 Å². The van der Waals surface area contributed by atoms with Gasteiger partial charge in [-0.2, -0.15) is 4.31 Å². The summed E-state index contributed by atoms with van der Waals surface area (Å²) in [6, 6.07) is 0.541. The number of β-amino-alcohol motifs (C(OH)–C–C–N with tert-alkyl or cyclic N) is 1. The van der Waals surface area contributed by atoms with Crippen molar-refractivity contribution in [3.05, 3.63) is 23.8 Å². The van der Waals surface area contributed by atoms with E-state index >= 15 is 0 Å². The Kier molecular flexibility index (Phi) is 4.13. The maximum absolute atomic E-state index is 14.1. The number of anilines is 1. The Bertz CT molecular complexity index is 1070. The summed E-state index contributed by atoms with van der Waals surface area (Å²) < 4.78 is 68.1. The van der Waals surface area contributed by atoms with Gasteiger partial charge >= 0.3 is 0 Å². The molecule has 29 heavy (non-hydrogen) atoms. The first-order valence-electron chi connectivity index (χ1n) is 9.52. The number of aliphatic hydroxyl groups excluding tert-OH is 1. The standard InChI is InChI=1S/C17H20F3N5O3S/c18-11-5-13(10-6-17(10,19)20)25-14(11)7-21-16(23-25)22-12-3-4-24(8-15(12)26)29(27,28)9-1-2-9/h5,7,9-10,12,15,26H,1-4,6,8H2,(H,22,23)/t10?,12-,15-/m1/s1. The smallest absolute Gasteiger partial charge is 0.257 e. The van der Waals surface area contributed by atoms with E-state index in [1.165, 1.54) is 10.5 Å². The van der Waals surface area contributed by atoms with Gasteiger partial charge in [0.1, 0.15) is 5.52 Å². The maximum atomic E-state index is 14.1. The van der Waals surface area contributed by atoms with E-state index in [9.17, 15) is 26.7 Å². The predicted molar refractivity (Wildman–Crippen MR) is 96.8 cm³/mol. The van der Waals surface area contributed by atoms with Gasteiger partial charge in [-0.25, -0.2) is 31.1 Å². The van der Waals surface area contributed by atoms with E-state index in [4.69, 9.17) is 0 Å². The highest BCUT2D eigenvalue weighted by molar-refractivity contribution is 7.90. The molecule has 0 bridgehead atoms. The van der Waals surface area contributed by atoms with Gasteiger partial charge in [-0.1, -0.05) is 0 Å². The minimum absolute atomic E-state index is 0.000792. The van der Waals surface area contributed by atoms with Crippen molar-refractivity contribution >= 4 is 21.5 Å². The van der Waals surface area contributed by atoms with Gasteiger partial charge in [-0.15, -0.1) is 5.10 Å². The van der Waals surface area contributed by atoms with Crippen LogP contribution in [-0.4, -0.2) is 68.8 Å². The lowest BCUT2D eigenvalue weighted by molar-refractivity contribution is 0.0946. The van der Waals surface area contributed by atoms with Crippen molar-refractivity contribution in [2.75, 3.05) is 18.4 Å². The van der Waals surface area contributed by atoms with Crippen molar-refractivity contribution in [3.63, 3.8) is 0 Å². The Balaban J connectivity index is 1.34. The molecule has 1 unspecified atom stereocenters. The van der Waals surface area contributed by atoms with Crippen LogP contribution in [0.15, 0.2) is 12.3 Å². The van der Waals surface area contributed by atoms with Crippen LogP contribution in [0.1, 0.15) is 37.3 Å². The number of nitrogens with one attached hydrogen (secondary N) is 1. The van der Waals surface area contributed by atoms with Crippen LogP contribution in [-0.2, 0) is 10.0 Å². The summed E-state index contributed by atoms with van der Waals surface area (Å²) in [7, 11) is -3.37. The monoisotopic (exact) mass is 431 g/mol. The summed E-state index contributed by atoms with van der Waals surface area (Å²) in [4.78, 5) is 4.02. The quantitative estimate of drug-likeness (QED) is 0.741. The number of aromatic nitrogens is 3. The van der Waals surface area contributed by atoms with Crippen molar-refractivity contribution in [1.82, 2.24) is 18.9 Å². The number of nitrogens with zero attached hydrogens (tertiary/aromatic N) is 4. The SMILES string of the molecule is O=S(=O)(C1CC1)N1CC[C@@H](Nc2ncc3c(F)cc(C4CC4(F)F)n3n2)[C@H](O)C1. The summed E-state index contributed by atoms with van der Waals surface area (Å²) in [5, 5.41) is 17.1. The molecule has 3 heterocycles. The first kappa shape index (κ1) is 19.1. The average Bonchev–Trinajstić information content (AvgIpc) is 3.57. The third-order valence-corrected chi connectivity index (χ3v) is 8.21. The number of piperidine rings is 1. The maximum Gasteiger partial charge on any atom is 0.257 e. The van der Waals surface area contributed by atoms with Crippen LogP contribution in [0.4, 0.5) is 19.1 Å². The van der Waals surface area contributed by atoms with Crippen molar-refractivity contribution < 1.29 is 26.7 Å². The molecule has 12 heteroatoms. The molecule has 3 aliphatic rings. The Labute approximate surface area is 164 Å². The molecule has 3 atom stereocenters. The molecule has 2 saturated carbocycles. The second-order valence-electron chi connectivity index (χ2n) is 8.02. The van der Waals surface area contributed by atoms with Gasteiger partial charge in [-0.3, -0.25) is 0 Å². The number of fused-ring (bicyclic) bond motifs is 1. The summed E-state index contributed by atoms with van der Waals surface area (Å²) >= 11 is 0. The fraction of sp³-hybridized carbons (Fsp3) is 0.647. The van der Waals surface area contributed by atoms with Gasteiger partial charge in [0.25, 0.3) is 5.92 Å². The normalized spacial score (nSPS) is 29.9. The Morgan fingerprint density at radius 2 is 2.00 bits per heavy atom. The zero-order valence-electron chi connectivity index (χ0n) is 15.3. The number of sulfonamides is 1. The first-order valence-corrected chi connectivity index (χ1v) is 11.0. The molecular formula is C17H20F3N5O3S. The van der Waals surface area contributed by atoms with Crippen molar-refractivity contribution in [2.45, 2.75) is 54.9 Å². The third-order valence-electron chi connectivity index (χ3n) is 5.84. The molecule has 8 nitrogen and oxygen atoms in total. The Morgan fingerprint density at radius 1 is 1.28 bits per heavy atom. The van der Waals surface area contributed by atoms with E-state index in [1.54, 1.807) is 0 Å².